The molecule has 1 saturated heterocycles. The lowest BCUT2D eigenvalue weighted by Crippen LogP contribution is -2.47. The second-order valence-electron chi connectivity index (χ2n) is 8.43. The molecule has 1 aliphatic heterocycles. The Labute approximate surface area is 172 Å². The molecule has 1 saturated carbocycles. The SMILES string of the molecule is Cc1sc(-c2ccccc2)cc1N(C(=O)[C@H]1CC[C@H](C)CC1)C1CCOCC1. The zero-order valence-electron chi connectivity index (χ0n) is 17.0. The lowest BCUT2D eigenvalue weighted by Gasteiger charge is -2.38. The summed E-state index contributed by atoms with van der Waals surface area (Å²) in [4.78, 5) is 18.3. The number of aryl methyl sites for hydroxylation is 1. The van der Waals surface area contributed by atoms with Gasteiger partial charge in [0.25, 0.3) is 0 Å². The van der Waals surface area contributed by atoms with E-state index in [2.05, 4.69) is 49.1 Å². The van der Waals surface area contributed by atoms with E-state index >= 15 is 0 Å². The third-order valence-electron chi connectivity index (χ3n) is 6.37. The second kappa shape index (κ2) is 8.79. The highest BCUT2D eigenvalue weighted by atomic mass is 32.1. The molecule has 0 N–H and O–H groups in total. The highest BCUT2D eigenvalue weighted by Gasteiger charge is 2.35. The van der Waals surface area contributed by atoms with E-state index in [4.69, 9.17) is 4.74 Å². The van der Waals surface area contributed by atoms with Gasteiger partial charge >= 0.3 is 0 Å². The highest BCUT2D eigenvalue weighted by molar-refractivity contribution is 7.16. The van der Waals surface area contributed by atoms with E-state index in [0.717, 1.165) is 50.5 Å². The molecule has 0 spiro atoms. The molecule has 0 atom stereocenters. The maximum atomic E-state index is 13.7. The molecule has 2 aliphatic rings. The molecule has 4 heteroatoms. The Kier molecular flexibility index (Phi) is 6.17. The summed E-state index contributed by atoms with van der Waals surface area (Å²) in [6.45, 7) is 5.98. The van der Waals surface area contributed by atoms with Crippen LogP contribution in [0.2, 0.25) is 0 Å². The molecule has 150 valence electrons. The normalized spacial score (nSPS) is 23.5. The van der Waals surface area contributed by atoms with E-state index in [1.54, 1.807) is 11.3 Å². The van der Waals surface area contributed by atoms with Gasteiger partial charge in [-0.3, -0.25) is 4.79 Å². The quantitative estimate of drug-likeness (QED) is 0.627. The van der Waals surface area contributed by atoms with Gasteiger partial charge in [0.1, 0.15) is 0 Å². The van der Waals surface area contributed by atoms with Crippen molar-refractivity contribution in [2.45, 2.75) is 58.4 Å². The molecule has 1 aromatic heterocycles. The van der Waals surface area contributed by atoms with Crippen LogP contribution in [0.4, 0.5) is 5.69 Å². The van der Waals surface area contributed by atoms with E-state index in [-0.39, 0.29) is 12.0 Å². The average Bonchev–Trinajstić information content (AvgIpc) is 3.11. The molecule has 4 rings (SSSR count). The van der Waals surface area contributed by atoms with Crippen LogP contribution in [-0.2, 0) is 9.53 Å². The molecule has 0 radical (unpaired) electrons. The Balaban J connectivity index is 1.65. The monoisotopic (exact) mass is 397 g/mol. The van der Waals surface area contributed by atoms with Crippen LogP contribution in [0.15, 0.2) is 36.4 Å². The van der Waals surface area contributed by atoms with Gasteiger partial charge in [-0.2, -0.15) is 0 Å². The summed E-state index contributed by atoms with van der Waals surface area (Å²) >= 11 is 1.80. The third kappa shape index (κ3) is 4.18. The van der Waals surface area contributed by atoms with Crippen LogP contribution >= 0.6 is 11.3 Å². The number of hydrogen-bond acceptors (Lipinski definition) is 3. The molecule has 2 heterocycles. The molecule has 0 unspecified atom stereocenters. The summed E-state index contributed by atoms with van der Waals surface area (Å²) in [5.41, 5.74) is 2.35. The number of ether oxygens (including phenoxy) is 1. The van der Waals surface area contributed by atoms with Gasteiger partial charge in [0, 0.05) is 34.9 Å². The van der Waals surface area contributed by atoms with Crippen molar-refractivity contribution in [3.8, 4) is 10.4 Å². The summed E-state index contributed by atoms with van der Waals surface area (Å²) in [5, 5.41) is 0. The predicted molar refractivity (Wildman–Crippen MR) is 117 cm³/mol. The van der Waals surface area contributed by atoms with Gasteiger partial charge in [-0.1, -0.05) is 37.3 Å². The van der Waals surface area contributed by atoms with Crippen molar-refractivity contribution >= 4 is 22.9 Å². The Morgan fingerprint density at radius 2 is 1.71 bits per heavy atom. The lowest BCUT2D eigenvalue weighted by atomic mass is 9.82. The molecule has 1 amide bonds. The first-order valence-electron chi connectivity index (χ1n) is 10.7. The van der Waals surface area contributed by atoms with Crippen molar-refractivity contribution in [3.63, 3.8) is 0 Å². The molecular weight excluding hydrogens is 366 g/mol. The van der Waals surface area contributed by atoms with Crippen molar-refractivity contribution in [1.82, 2.24) is 0 Å². The smallest absolute Gasteiger partial charge is 0.230 e. The second-order valence-corrected chi connectivity index (χ2v) is 9.68. The largest absolute Gasteiger partial charge is 0.381 e. The Morgan fingerprint density at radius 1 is 1.04 bits per heavy atom. The van der Waals surface area contributed by atoms with Crippen molar-refractivity contribution in [2.75, 3.05) is 18.1 Å². The average molecular weight is 398 g/mol. The van der Waals surface area contributed by atoms with Crippen molar-refractivity contribution in [3.05, 3.63) is 41.3 Å². The van der Waals surface area contributed by atoms with Crippen LogP contribution in [0.3, 0.4) is 0 Å². The van der Waals surface area contributed by atoms with E-state index in [1.165, 1.54) is 28.2 Å². The minimum atomic E-state index is 0.179. The van der Waals surface area contributed by atoms with Crippen LogP contribution in [0.1, 0.15) is 50.3 Å². The lowest BCUT2D eigenvalue weighted by molar-refractivity contribution is -0.124. The molecule has 2 aromatic rings. The van der Waals surface area contributed by atoms with E-state index in [0.29, 0.717) is 5.91 Å². The number of carbonyl (C=O) groups is 1. The Hall–Kier alpha value is -1.65. The molecule has 1 aliphatic carbocycles. The Bertz CT molecular complexity index is 786. The first kappa shape index (κ1) is 19.7. The van der Waals surface area contributed by atoms with Gasteiger partial charge in [-0.25, -0.2) is 0 Å². The van der Waals surface area contributed by atoms with Gasteiger partial charge in [-0.15, -0.1) is 11.3 Å². The predicted octanol–water partition coefficient (Wildman–Crippen LogP) is 6.06. The minimum Gasteiger partial charge on any atom is -0.381 e. The summed E-state index contributed by atoms with van der Waals surface area (Å²) in [6, 6.07) is 13.0. The summed E-state index contributed by atoms with van der Waals surface area (Å²) in [5.74, 6) is 1.28. The maximum absolute atomic E-state index is 13.7. The number of anilines is 1. The van der Waals surface area contributed by atoms with Crippen LogP contribution in [0.5, 0.6) is 0 Å². The topological polar surface area (TPSA) is 29.5 Å². The number of carbonyl (C=O) groups excluding carboxylic acids is 1. The minimum absolute atomic E-state index is 0.179. The number of thiophene rings is 1. The number of amides is 1. The number of hydrogen-bond donors (Lipinski definition) is 0. The number of nitrogens with zero attached hydrogens (tertiary/aromatic N) is 1. The number of rotatable bonds is 4. The fourth-order valence-electron chi connectivity index (χ4n) is 4.60. The first-order chi connectivity index (χ1) is 13.6. The number of benzene rings is 1. The van der Waals surface area contributed by atoms with Crippen molar-refractivity contribution in [2.24, 2.45) is 11.8 Å². The van der Waals surface area contributed by atoms with Crippen molar-refractivity contribution in [1.29, 1.82) is 0 Å². The standard InChI is InChI=1S/C24H31NO2S/c1-17-8-10-20(11-9-17)24(26)25(21-12-14-27-15-13-21)22-16-23(28-18(22)2)19-6-4-3-5-7-19/h3-7,16-17,20-21H,8-15H2,1-2H3/t17-,20-. The molecule has 1 aromatic carbocycles. The molecule has 28 heavy (non-hydrogen) atoms. The molecular formula is C24H31NO2S. The van der Waals surface area contributed by atoms with Crippen molar-refractivity contribution < 1.29 is 9.53 Å². The van der Waals surface area contributed by atoms with E-state index in [1.807, 2.05) is 6.07 Å². The van der Waals surface area contributed by atoms with E-state index in [9.17, 15) is 4.79 Å². The van der Waals surface area contributed by atoms with Crippen LogP contribution in [0, 0.1) is 18.8 Å². The zero-order chi connectivity index (χ0) is 19.5. The molecule has 0 bridgehead atoms. The maximum Gasteiger partial charge on any atom is 0.230 e. The van der Waals surface area contributed by atoms with Crippen LogP contribution in [-0.4, -0.2) is 25.2 Å². The zero-order valence-corrected chi connectivity index (χ0v) is 17.8. The fourth-order valence-corrected chi connectivity index (χ4v) is 5.61. The molecule has 3 nitrogen and oxygen atoms in total. The van der Waals surface area contributed by atoms with E-state index < -0.39 is 0 Å². The molecule has 2 fully saturated rings. The van der Waals surface area contributed by atoms with Gasteiger partial charge in [0.15, 0.2) is 0 Å². The Morgan fingerprint density at radius 3 is 2.39 bits per heavy atom. The van der Waals surface area contributed by atoms with Gasteiger partial charge in [-0.05, 0) is 63.0 Å². The van der Waals surface area contributed by atoms with Gasteiger partial charge in [0.2, 0.25) is 5.91 Å². The van der Waals surface area contributed by atoms with Gasteiger partial charge < -0.3 is 9.64 Å². The summed E-state index contributed by atoms with van der Waals surface area (Å²) in [6.07, 6.45) is 6.30. The first-order valence-corrected chi connectivity index (χ1v) is 11.5. The summed E-state index contributed by atoms with van der Waals surface area (Å²) < 4.78 is 5.59. The third-order valence-corrected chi connectivity index (χ3v) is 7.46. The van der Waals surface area contributed by atoms with Gasteiger partial charge in [0.05, 0.1) is 5.69 Å². The summed E-state index contributed by atoms with van der Waals surface area (Å²) in [7, 11) is 0. The fraction of sp³-hybridized carbons (Fsp3) is 0.542. The van der Waals surface area contributed by atoms with Crippen LogP contribution < -0.4 is 4.90 Å². The van der Waals surface area contributed by atoms with Crippen LogP contribution in [0.25, 0.3) is 10.4 Å². The highest BCUT2D eigenvalue weighted by Crippen LogP contribution is 2.40.